The number of hydrogen-bond donors (Lipinski definition) is 3. The van der Waals surface area contributed by atoms with Gasteiger partial charge in [-0.25, -0.2) is 14.1 Å². The summed E-state index contributed by atoms with van der Waals surface area (Å²) in [7, 11) is 0. The van der Waals surface area contributed by atoms with Crippen molar-refractivity contribution in [2.24, 2.45) is 0 Å². The van der Waals surface area contributed by atoms with E-state index >= 15 is 0 Å². The number of imide groups is 1. The standard InChI is InChI=1S/C29H29FIN3O6/c1-18(19-5-3-2-4-6-19)26(27(36)32-24-12-9-21(31)17-23(24)30)34-28(37)25(33-29(34)38)20-7-10-22(11-8-20)40-16-15-39-14-13-35/h2-12,17-18,25-26,35H,13-16H2,1H3,(H,32,36)(H,33,38)/t18-,25+,26-/m0/s1. The maximum atomic E-state index is 14.6. The first-order valence-corrected chi connectivity index (χ1v) is 13.7. The Morgan fingerprint density at radius 1 is 1.07 bits per heavy atom. The first kappa shape index (κ1) is 29.4. The predicted molar refractivity (Wildman–Crippen MR) is 154 cm³/mol. The molecule has 4 rings (SSSR count). The van der Waals surface area contributed by atoms with Crippen LogP contribution in [0.3, 0.4) is 0 Å². The van der Waals surface area contributed by atoms with Crippen molar-refractivity contribution in [3.05, 3.63) is 93.3 Å². The minimum Gasteiger partial charge on any atom is -0.491 e. The Bertz CT molecular complexity index is 1340. The van der Waals surface area contributed by atoms with E-state index in [2.05, 4.69) is 10.6 Å². The normalized spacial score (nSPS) is 16.4. The third-order valence-electron chi connectivity index (χ3n) is 6.45. The molecule has 1 aliphatic rings. The first-order chi connectivity index (χ1) is 19.3. The van der Waals surface area contributed by atoms with E-state index in [-0.39, 0.29) is 25.5 Å². The Balaban J connectivity index is 1.55. The Morgan fingerprint density at radius 2 is 1.80 bits per heavy atom. The number of aliphatic hydroxyl groups is 1. The van der Waals surface area contributed by atoms with E-state index < -0.39 is 41.7 Å². The van der Waals surface area contributed by atoms with Gasteiger partial charge in [0.2, 0.25) is 5.91 Å². The molecule has 1 heterocycles. The van der Waals surface area contributed by atoms with Gasteiger partial charge in [-0.05, 0) is 64.0 Å². The summed E-state index contributed by atoms with van der Waals surface area (Å²) in [6, 6.07) is 17.1. The van der Waals surface area contributed by atoms with Gasteiger partial charge < -0.3 is 25.2 Å². The van der Waals surface area contributed by atoms with Crippen LogP contribution in [0.5, 0.6) is 5.75 Å². The summed E-state index contributed by atoms with van der Waals surface area (Å²) in [4.78, 5) is 41.4. The van der Waals surface area contributed by atoms with Gasteiger partial charge in [0.05, 0.1) is 25.5 Å². The van der Waals surface area contributed by atoms with E-state index in [1.807, 2.05) is 28.7 Å². The van der Waals surface area contributed by atoms with Gasteiger partial charge in [-0.1, -0.05) is 49.4 Å². The molecule has 1 saturated heterocycles. The second-order valence-corrected chi connectivity index (χ2v) is 10.3. The molecule has 0 spiro atoms. The van der Waals surface area contributed by atoms with Crippen molar-refractivity contribution in [3.63, 3.8) is 0 Å². The highest BCUT2D eigenvalue weighted by atomic mass is 127. The number of benzene rings is 3. The fourth-order valence-corrected chi connectivity index (χ4v) is 4.88. The molecule has 1 fully saturated rings. The van der Waals surface area contributed by atoms with Crippen LogP contribution in [0.4, 0.5) is 14.9 Å². The van der Waals surface area contributed by atoms with Crippen LogP contribution in [0.25, 0.3) is 0 Å². The molecule has 0 saturated carbocycles. The smallest absolute Gasteiger partial charge is 0.325 e. The van der Waals surface area contributed by atoms with Crippen LogP contribution in [0.15, 0.2) is 72.8 Å². The van der Waals surface area contributed by atoms with Crippen molar-refractivity contribution in [3.8, 4) is 5.75 Å². The average molecular weight is 661 g/mol. The average Bonchev–Trinajstić information content (AvgIpc) is 3.24. The molecule has 0 radical (unpaired) electrons. The third kappa shape index (κ3) is 6.95. The molecule has 0 aromatic heterocycles. The summed E-state index contributed by atoms with van der Waals surface area (Å²) in [5, 5.41) is 14.0. The number of ether oxygens (including phenoxy) is 2. The number of urea groups is 1. The van der Waals surface area contributed by atoms with E-state index in [0.29, 0.717) is 21.5 Å². The van der Waals surface area contributed by atoms with Crippen molar-refractivity contribution in [2.75, 3.05) is 31.7 Å². The summed E-state index contributed by atoms with van der Waals surface area (Å²) in [6.45, 7) is 2.49. The van der Waals surface area contributed by atoms with Crippen LogP contribution in [-0.2, 0) is 14.3 Å². The molecule has 3 aromatic rings. The molecule has 3 atom stereocenters. The summed E-state index contributed by atoms with van der Waals surface area (Å²) in [6.07, 6.45) is 0. The van der Waals surface area contributed by atoms with E-state index in [9.17, 15) is 18.8 Å². The number of amides is 4. The Hall–Kier alpha value is -3.55. The molecule has 0 aliphatic carbocycles. The number of halogens is 2. The fraction of sp³-hybridized carbons (Fsp3) is 0.276. The van der Waals surface area contributed by atoms with E-state index in [0.717, 1.165) is 10.5 Å². The number of carbonyl (C=O) groups is 3. The highest BCUT2D eigenvalue weighted by Gasteiger charge is 2.47. The van der Waals surface area contributed by atoms with Gasteiger partial charge in [0, 0.05) is 9.49 Å². The molecule has 1 aliphatic heterocycles. The van der Waals surface area contributed by atoms with Crippen molar-refractivity contribution in [2.45, 2.75) is 24.9 Å². The van der Waals surface area contributed by atoms with Crippen LogP contribution in [0.1, 0.15) is 30.0 Å². The Morgan fingerprint density at radius 3 is 2.48 bits per heavy atom. The van der Waals surface area contributed by atoms with Gasteiger partial charge in [-0.2, -0.15) is 0 Å². The second kappa shape index (κ2) is 13.7. The summed E-state index contributed by atoms with van der Waals surface area (Å²) in [5.74, 6) is -1.96. The Kier molecular flexibility index (Phi) is 10.1. The minimum atomic E-state index is -1.25. The topological polar surface area (TPSA) is 117 Å². The number of nitrogens with one attached hydrogen (secondary N) is 2. The van der Waals surface area contributed by atoms with Crippen molar-refractivity contribution >= 4 is 46.1 Å². The van der Waals surface area contributed by atoms with Gasteiger partial charge in [-0.3, -0.25) is 9.59 Å². The lowest BCUT2D eigenvalue weighted by atomic mass is 9.91. The first-order valence-electron chi connectivity index (χ1n) is 12.7. The minimum absolute atomic E-state index is 0.0448. The van der Waals surface area contributed by atoms with Crippen LogP contribution in [0.2, 0.25) is 0 Å². The number of anilines is 1. The van der Waals surface area contributed by atoms with Gasteiger partial charge in [0.25, 0.3) is 5.91 Å². The maximum absolute atomic E-state index is 14.6. The molecular weight excluding hydrogens is 632 g/mol. The van der Waals surface area contributed by atoms with E-state index in [1.165, 1.54) is 12.1 Å². The van der Waals surface area contributed by atoms with E-state index in [4.69, 9.17) is 14.6 Å². The van der Waals surface area contributed by atoms with Gasteiger partial charge in [0.15, 0.2) is 0 Å². The zero-order chi connectivity index (χ0) is 28.6. The highest BCUT2D eigenvalue weighted by Crippen LogP contribution is 2.32. The Labute approximate surface area is 244 Å². The molecule has 40 heavy (non-hydrogen) atoms. The lowest BCUT2D eigenvalue weighted by molar-refractivity contribution is -0.134. The predicted octanol–water partition coefficient (Wildman–Crippen LogP) is 4.22. The second-order valence-electron chi connectivity index (χ2n) is 9.10. The number of nitrogens with zero attached hydrogens (tertiary/aromatic N) is 1. The number of carbonyl (C=O) groups excluding carboxylic acids is 3. The third-order valence-corrected chi connectivity index (χ3v) is 7.12. The van der Waals surface area contributed by atoms with Crippen LogP contribution < -0.4 is 15.4 Å². The largest absolute Gasteiger partial charge is 0.491 e. The van der Waals surface area contributed by atoms with E-state index in [1.54, 1.807) is 61.5 Å². The molecule has 0 unspecified atom stereocenters. The van der Waals surface area contributed by atoms with Crippen molar-refractivity contribution in [1.82, 2.24) is 10.2 Å². The summed E-state index contributed by atoms with van der Waals surface area (Å²) < 4.78 is 26.0. The van der Waals surface area contributed by atoms with Crippen molar-refractivity contribution < 1.29 is 33.4 Å². The summed E-state index contributed by atoms with van der Waals surface area (Å²) in [5.41, 5.74) is 1.20. The molecule has 9 nitrogen and oxygen atoms in total. The van der Waals surface area contributed by atoms with Crippen LogP contribution >= 0.6 is 22.6 Å². The lowest BCUT2D eigenvalue weighted by Gasteiger charge is -2.30. The van der Waals surface area contributed by atoms with Crippen LogP contribution in [-0.4, -0.2) is 60.3 Å². The van der Waals surface area contributed by atoms with Crippen molar-refractivity contribution in [1.29, 1.82) is 0 Å². The molecular formula is C29H29FIN3O6. The zero-order valence-electron chi connectivity index (χ0n) is 21.7. The molecule has 0 bridgehead atoms. The monoisotopic (exact) mass is 661 g/mol. The number of aliphatic hydroxyl groups excluding tert-OH is 1. The quantitative estimate of drug-likeness (QED) is 0.152. The lowest BCUT2D eigenvalue weighted by Crippen LogP contribution is -2.50. The molecule has 4 amide bonds. The highest BCUT2D eigenvalue weighted by molar-refractivity contribution is 14.1. The molecule has 3 N–H and O–H groups in total. The fourth-order valence-electron chi connectivity index (χ4n) is 4.43. The molecule has 11 heteroatoms. The van der Waals surface area contributed by atoms with Gasteiger partial charge in [-0.15, -0.1) is 0 Å². The van der Waals surface area contributed by atoms with Gasteiger partial charge in [0.1, 0.15) is 30.3 Å². The SMILES string of the molecule is C[C@@H](c1ccccc1)[C@@H](C(=O)Nc1ccc(I)cc1F)N1C(=O)N[C@H](c2ccc(OCCOCCO)cc2)C1=O. The zero-order valence-corrected chi connectivity index (χ0v) is 23.8. The number of hydrogen-bond acceptors (Lipinski definition) is 6. The van der Waals surface area contributed by atoms with Gasteiger partial charge >= 0.3 is 6.03 Å². The van der Waals surface area contributed by atoms with Crippen LogP contribution in [0, 0.1) is 9.39 Å². The molecule has 3 aromatic carbocycles. The molecule has 210 valence electrons. The number of rotatable bonds is 12. The summed E-state index contributed by atoms with van der Waals surface area (Å²) >= 11 is 1.96. The maximum Gasteiger partial charge on any atom is 0.325 e.